The highest BCUT2D eigenvalue weighted by atomic mass is 16.5. The predicted octanol–water partition coefficient (Wildman–Crippen LogP) is 4.51. The Balaban J connectivity index is 0.709. The number of rotatable bonds is 9. The highest BCUT2D eigenvalue weighted by Gasteiger charge is 2.45. The fourth-order valence-corrected chi connectivity index (χ4v) is 9.52. The number of nitrogens with one attached hydrogen (secondary N) is 1. The number of carbonyl (C=O) groups excluding carboxylic acids is 4. The van der Waals surface area contributed by atoms with E-state index >= 15 is 0 Å². The summed E-state index contributed by atoms with van der Waals surface area (Å²) in [5.41, 5.74) is 10.5. The molecule has 15 heteroatoms. The van der Waals surface area contributed by atoms with E-state index in [1.807, 2.05) is 60.7 Å². The number of fused-ring (bicyclic) bond motifs is 2. The molecule has 5 aliphatic rings. The Morgan fingerprint density at radius 1 is 0.763 bits per heavy atom. The van der Waals surface area contributed by atoms with E-state index in [0.717, 1.165) is 103 Å². The number of nitrogens with zero attached hydrogens (tertiary/aromatic N) is 8. The number of hydrogen-bond acceptors (Lipinski definition) is 12. The summed E-state index contributed by atoms with van der Waals surface area (Å²) in [4.78, 5) is 68.0. The summed E-state index contributed by atoms with van der Waals surface area (Å²) in [7, 11) is 0. The van der Waals surface area contributed by atoms with Crippen molar-refractivity contribution in [2.45, 2.75) is 56.7 Å². The number of nitrogens with two attached hydrogens (primary N) is 1. The molecule has 5 aliphatic heterocycles. The third-order valence-corrected chi connectivity index (χ3v) is 12.9. The Morgan fingerprint density at radius 2 is 1.49 bits per heavy atom. The van der Waals surface area contributed by atoms with E-state index in [0.29, 0.717) is 28.9 Å². The molecule has 0 radical (unpaired) electrons. The monoisotopic (exact) mass is 794 g/mol. The summed E-state index contributed by atoms with van der Waals surface area (Å²) >= 11 is 0. The molecule has 0 spiro atoms. The molecule has 10 rings (SSSR count). The summed E-state index contributed by atoms with van der Waals surface area (Å²) in [6.45, 7) is 6.98. The van der Waals surface area contributed by atoms with E-state index in [1.165, 1.54) is 19.2 Å². The normalized spacial score (nSPS) is 21.3. The van der Waals surface area contributed by atoms with Crippen LogP contribution in [0.1, 0.15) is 65.3 Å². The number of ether oxygens (including phenoxy) is 1. The minimum atomic E-state index is -0.962. The molecule has 1 unspecified atom stereocenters. The third kappa shape index (κ3) is 6.97. The molecule has 4 fully saturated rings. The first-order valence-corrected chi connectivity index (χ1v) is 20.7. The quantitative estimate of drug-likeness (QED) is 0.201. The Bertz CT molecular complexity index is 2430. The van der Waals surface area contributed by atoms with Gasteiger partial charge in [-0.2, -0.15) is 5.10 Å². The number of imide groups is 2. The van der Waals surface area contributed by atoms with Crippen LogP contribution in [0.3, 0.4) is 0 Å². The van der Waals surface area contributed by atoms with Gasteiger partial charge in [0.2, 0.25) is 11.8 Å². The minimum absolute atomic E-state index is 0.101. The number of nitrogen functional groups attached to an aromatic ring is 1. The van der Waals surface area contributed by atoms with E-state index in [-0.39, 0.29) is 24.8 Å². The molecule has 5 aromatic rings. The van der Waals surface area contributed by atoms with Gasteiger partial charge in [0.15, 0.2) is 5.65 Å². The van der Waals surface area contributed by atoms with Crippen LogP contribution in [-0.2, 0) is 9.59 Å². The number of hydrogen-bond donors (Lipinski definition) is 2. The molecule has 4 saturated heterocycles. The van der Waals surface area contributed by atoms with Gasteiger partial charge in [0.1, 0.15) is 35.4 Å². The van der Waals surface area contributed by atoms with E-state index in [4.69, 9.17) is 15.6 Å². The lowest BCUT2D eigenvalue weighted by molar-refractivity contribution is -0.136. The molecule has 4 amide bonds. The zero-order valence-electron chi connectivity index (χ0n) is 32.7. The maximum Gasteiger partial charge on any atom is 0.262 e. The summed E-state index contributed by atoms with van der Waals surface area (Å²) in [5, 5.41) is 8.16. The molecule has 0 saturated carbocycles. The molecule has 0 aliphatic carbocycles. The molecular weight excluding hydrogens is 749 g/mol. The molecule has 1 atom stereocenters. The zero-order valence-corrected chi connectivity index (χ0v) is 32.7. The number of likely N-dealkylation sites (tertiary alicyclic amines) is 2. The first-order chi connectivity index (χ1) is 28.8. The van der Waals surface area contributed by atoms with Crippen LogP contribution in [0.4, 0.5) is 11.5 Å². The standard InChI is InChI=1S/C44H46N10O5/c45-40-38-39(28-6-9-33(10-7-28)59-32-4-2-1-3-5-32)49-54(41(38)47-26-46-40)29-16-18-50(19-17-29)23-27-14-20-51(21-15-27)31-24-52(25-31)30-8-11-34-35(22-30)44(58)53(43(34)57)36-12-13-37(55)48-42(36)56/h1-11,22,26-27,29,31,36H,12-21,23-25H2,(H2,45,46,47)(H,48,55,56). The van der Waals surface area contributed by atoms with Crippen molar-refractivity contribution in [2.24, 2.45) is 5.92 Å². The summed E-state index contributed by atoms with van der Waals surface area (Å²) < 4.78 is 8.08. The number of aromatic nitrogens is 4. The Morgan fingerprint density at radius 3 is 2.24 bits per heavy atom. The largest absolute Gasteiger partial charge is 0.457 e. The van der Waals surface area contributed by atoms with Crippen molar-refractivity contribution in [3.8, 4) is 22.8 Å². The van der Waals surface area contributed by atoms with Gasteiger partial charge in [0, 0.05) is 56.4 Å². The smallest absolute Gasteiger partial charge is 0.262 e. The Hall–Kier alpha value is -6.19. The van der Waals surface area contributed by atoms with Gasteiger partial charge in [-0.25, -0.2) is 14.6 Å². The maximum absolute atomic E-state index is 13.3. The predicted molar refractivity (Wildman–Crippen MR) is 220 cm³/mol. The second-order valence-corrected chi connectivity index (χ2v) is 16.4. The average molecular weight is 795 g/mol. The molecule has 15 nitrogen and oxygen atoms in total. The van der Waals surface area contributed by atoms with Crippen molar-refractivity contribution in [1.29, 1.82) is 0 Å². The second-order valence-electron chi connectivity index (χ2n) is 16.4. The van der Waals surface area contributed by atoms with Gasteiger partial charge >= 0.3 is 0 Å². The topological polar surface area (TPSA) is 172 Å². The van der Waals surface area contributed by atoms with Crippen LogP contribution in [0, 0.1) is 5.92 Å². The second kappa shape index (κ2) is 15.2. The zero-order chi connectivity index (χ0) is 40.2. The molecule has 59 heavy (non-hydrogen) atoms. The fourth-order valence-electron chi connectivity index (χ4n) is 9.52. The average Bonchev–Trinajstić information content (AvgIpc) is 3.74. The van der Waals surface area contributed by atoms with Gasteiger partial charge in [-0.05, 0) is 106 Å². The first-order valence-electron chi connectivity index (χ1n) is 20.7. The van der Waals surface area contributed by atoms with Crippen molar-refractivity contribution < 1.29 is 23.9 Å². The number of anilines is 2. The Labute approximate surface area is 341 Å². The third-order valence-electron chi connectivity index (χ3n) is 12.9. The van der Waals surface area contributed by atoms with Crippen LogP contribution >= 0.6 is 0 Å². The minimum Gasteiger partial charge on any atom is -0.457 e. The molecule has 3 N–H and O–H groups in total. The van der Waals surface area contributed by atoms with Gasteiger partial charge in [-0.15, -0.1) is 0 Å². The fraction of sp³-hybridized carbons (Fsp3) is 0.386. The number of para-hydroxylation sites is 1. The van der Waals surface area contributed by atoms with E-state index < -0.39 is 23.8 Å². The van der Waals surface area contributed by atoms with Crippen LogP contribution in [0.2, 0.25) is 0 Å². The van der Waals surface area contributed by atoms with Crippen LogP contribution in [-0.4, -0.2) is 116 Å². The van der Waals surface area contributed by atoms with Crippen LogP contribution in [0.5, 0.6) is 11.5 Å². The SMILES string of the molecule is Nc1ncnc2c1c(-c1ccc(Oc3ccccc3)cc1)nn2C1CCN(CC2CCN(C3CN(c4ccc5c(c4)C(=O)N(C4CCC(=O)NC4=O)C5=O)C3)CC2)CC1. The Kier molecular flexibility index (Phi) is 9.56. The van der Waals surface area contributed by atoms with Crippen molar-refractivity contribution in [3.05, 3.63) is 90.3 Å². The van der Waals surface area contributed by atoms with E-state index in [9.17, 15) is 19.2 Å². The lowest BCUT2D eigenvalue weighted by Crippen LogP contribution is -2.61. The lowest BCUT2D eigenvalue weighted by Gasteiger charge is -2.49. The first kappa shape index (κ1) is 37.1. The number of carbonyl (C=O) groups is 4. The highest BCUT2D eigenvalue weighted by Crippen LogP contribution is 2.37. The molecule has 2 aromatic heterocycles. The summed E-state index contributed by atoms with van der Waals surface area (Å²) in [6.07, 6.45) is 6.07. The molecule has 3 aromatic carbocycles. The van der Waals surface area contributed by atoms with Crippen molar-refractivity contribution in [2.75, 3.05) is 56.4 Å². The van der Waals surface area contributed by atoms with E-state index in [1.54, 1.807) is 12.1 Å². The lowest BCUT2D eigenvalue weighted by atomic mass is 9.92. The van der Waals surface area contributed by atoms with Crippen molar-refractivity contribution in [3.63, 3.8) is 0 Å². The van der Waals surface area contributed by atoms with Gasteiger partial charge in [-0.3, -0.25) is 34.3 Å². The molecule has 0 bridgehead atoms. The van der Waals surface area contributed by atoms with Gasteiger partial charge in [0.25, 0.3) is 11.8 Å². The maximum atomic E-state index is 13.3. The number of amides is 4. The van der Waals surface area contributed by atoms with Gasteiger partial charge < -0.3 is 20.3 Å². The van der Waals surface area contributed by atoms with Crippen molar-refractivity contribution >= 4 is 46.2 Å². The number of piperidine rings is 3. The van der Waals surface area contributed by atoms with Crippen LogP contribution in [0.15, 0.2) is 79.1 Å². The highest BCUT2D eigenvalue weighted by molar-refractivity contribution is 6.23. The number of benzene rings is 3. The van der Waals surface area contributed by atoms with Gasteiger partial charge in [0.05, 0.1) is 22.6 Å². The molecule has 302 valence electrons. The van der Waals surface area contributed by atoms with Crippen LogP contribution in [0.25, 0.3) is 22.3 Å². The summed E-state index contributed by atoms with van der Waals surface area (Å²) in [6, 6.07) is 22.7. The van der Waals surface area contributed by atoms with Crippen molar-refractivity contribution in [1.82, 2.24) is 39.8 Å². The van der Waals surface area contributed by atoms with Crippen LogP contribution < -0.4 is 20.7 Å². The van der Waals surface area contributed by atoms with Gasteiger partial charge in [-0.1, -0.05) is 18.2 Å². The molecule has 7 heterocycles. The summed E-state index contributed by atoms with van der Waals surface area (Å²) in [5.74, 6) is 0.684. The van der Waals surface area contributed by atoms with E-state index in [2.05, 4.69) is 34.7 Å². The molecular formula is C44H46N10O5.